The number of anilines is 1. The largest absolute Gasteiger partial charge is 1.00 e. The average Bonchev–Trinajstić information content (AvgIpc) is 3.53. The minimum Gasteiger partial charge on any atom is -0.756 e. The first-order chi connectivity index (χ1) is 21.7. The van der Waals surface area contributed by atoms with Crippen molar-refractivity contribution in [1.82, 2.24) is 24.5 Å². The zero-order valence-corrected chi connectivity index (χ0v) is 32.3. The van der Waals surface area contributed by atoms with E-state index in [-0.39, 0.29) is 82.0 Å². The van der Waals surface area contributed by atoms with Gasteiger partial charge in [0.2, 0.25) is 5.95 Å². The van der Waals surface area contributed by atoms with Crippen LogP contribution in [0, 0.1) is 0 Å². The fraction of sp³-hybridized carbons (Fsp3) is 0.524. The number of aromatic amines is 1. The Bertz CT molecular complexity index is 1680. The molecule has 0 amide bonds. The number of hydrogen-bond donors (Lipinski definition) is 7. The first-order valence-corrected chi connectivity index (χ1v) is 18.2. The van der Waals surface area contributed by atoms with Gasteiger partial charge in [0, 0.05) is 11.9 Å². The molecule has 0 aliphatic carbocycles. The Kier molecular flexibility index (Phi) is 15.6. The minimum atomic E-state index is -5.91. The van der Waals surface area contributed by atoms with Gasteiger partial charge in [0.25, 0.3) is 21.2 Å². The molecule has 254 valence electrons. The van der Waals surface area contributed by atoms with Gasteiger partial charge in [-0.1, -0.05) is 16.9 Å². The molecule has 2 aliphatic rings. The molecule has 2 aliphatic heterocycles. The number of ether oxygens (including phenoxy) is 2. The summed E-state index contributed by atoms with van der Waals surface area (Å²) in [6.07, 6.45) is -13.2. The van der Waals surface area contributed by atoms with Gasteiger partial charge in [0.15, 0.2) is 23.7 Å². The van der Waals surface area contributed by atoms with Crippen LogP contribution in [0.5, 0.6) is 0 Å². The van der Waals surface area contributed by atoms with Crippen molar-refractivity contribution in [2.24, 2.45) is 0 Å². The Morgan fingerprint density at radius 1 is 0.979 bits per heavy atom. The Balaban J connectivity index is 0.00000312. The van der Waals surface area contributed by atoms with E-state index >= 15 is 0 Å². The van der Waals surface area contributed by atoms with Gasteiger partial charge in [-0.05, 0) is 22.9 Å². The third kappa shape index (κ3) is 10.1. The van der Waals surface area contributed by atoms with Crippen LogP contribution in [0.25, 0.3) is 11.2 Å². The van der Waals surface area contributed by atoms with Crippen molar-refractivity contribution in [1.29, 1.82) is 0 Å². The molecule has 21 nitrogen and oxygen atoms in total. The van der Waals surface area contributed by atoms with Crippen molar-refractivity contribution in [3.8, 4) is 0 Å². The number of nitrogens with one attached hydrogen (secondary N) is 1. The maximum Gasteiger partial charge on any atom is 1.00 e. The van der Waals surface area contributed by atoms with Gasteiger partial charge in [-0.15, -0.1) is 0 Å². The molecule has 0 radical (unpaired) electrons. The molecule has 2 saturated heterocycles. The number of phosphoric acid groups is 2. The van der Waals surface area contributed by atoms with Gasteiger partial charge in [-0.3, -0.25) is 28.0 Å². The van der Waals surface area contributed by atoms with Crippen LogP contribution in [-0.4, -0.2) is 111 Å². The monoisotopic (exact) mass is 774 g/mol. The molecule has 48 heavy (non-hydrogen) atoms. The number of fused-ring (bicyclic) bond motifs is 1. The van der Waals surface area contributed by atoms with E-state index in [1.165, 1.54) is 10.8 Å². The van der Waals surface area contributed by atoms with E-state index in [2.05, 4.69) is 33.3 Å². The normalized spacial score (nSPS) is 31.4. The summed E-state index contributed by atoms with van der Waals surface area (Å²) in [6, 6.07) is 5.14. The van der Waals surface area contributed by atoms with Gasteiger partial charge in [0.05, 0.1) is 19.0 Å². The van der Waals surface area contributed by atoms with Crippen LogP contribution >= 0.6 is 37.2 Å². The number of aromatic nitrogens is 5. The van der Waals surface area contributed by atoms with Crippen molar-refractivity contribution in [3.05, 3.63) is 41.1 Å². The van der Waals surface area contributed by atoms with Crippen molar-refractivity contribution in [2.75, 3.05) is 18.1 Å². The van der Waals surface area contributed by atoms with Crippen LogP contribution in [0.15, 0.2) is 40.5 Å². The number of aliphatic hydroxyl groups excluding tert-OH is 5. The first kappa shape index (κ1) is 42.4. The Labute approximate surface area is 322 Å². The molecule has 5 heterocycles. The molecular weight excluding hydrogens is 748 g/mol. The molecule has 3 aromatic rings. The fourth-order valence-corrected chi connectivity index (χ4v) is 8.56. The Morgan fingerprint density at radius 2 is 1.69 bits per heavy atom. The summed E-state index contributed by atoms with van der Waals surface area (Å²) in [5, 5.41) is 52.2. The van der Waals surface area contributed by atoms with E-state index in [1.807, 2.05) is 0 Å². The summed E-state index contributed by atoms with van der Waals surface area (Å²) < 4.78 is 49.8. The summed E-state index contributed by atoms with van der Waals surface area (Å²) in [7, 11) is -9.42. The van der Waals surface area contributed by atoms with Crippen molar-refractivity contribution in [3.63, 3.8) is 0 Å². The maximum absolute atomic E-state index is 12.5. The molecule has 8 N–H and O–H groups in total. The summed E-state index contributed by atoms with van der Waals surface area (Å²) in [5.74, 6) is -0.336. The summed E-state index contributed by atoms with van der Waals surface area (Å²) >= 11 is 0. The second kappa shape index (κ2) is 17.7. The standard InChI is InChI=1S/C21H28N6O15P2S2.2Na/c22-21-25-17-11(18(33)26-21)24-7-27(17)19-15(31)12(28)8(39-19)5-38-43(34,35)42-44(36,37)41-20-16(32)14(30)13(29)9(40-20)6-45-46-10-3-1-2-4-23-10;;/h1-4,7-9,12-16,19-20,28-32H,5-6H2,(H,34,35)(H,36,37)(H3,22,25,26,33);;/q;2*+1/p-2. The molecule has 0 spiro atoms. The van der Waals surface area contributed by atoms with Crippen LogP contribution in [0.1, 0.15) is 6.23 Å². The predicted molar refractivity (Wildman–Crippen MR) is 151 cm³/mol. The summed E-state index contributed by atoms with van der Waals surface area (Å²) in [5.41, 5.74) is 4.54. The Morgan fingerprint density at radius 3 is 2.38 bits per heavy atom. The third-order valence-electron chi connectivity index (χ3n) is 6.57. The number of nitrogens with zero attached hydrogens (tertiary/aromatic N) is 4. The van der Waals surface area contributed by atoms with E-state index in [1.54, 1.807) is 24.4 Å². The SMILES string of the molecule is Nc1nc2c(ncn2C2OC(COP(=O)([O-])OP(=O)([O-])OC3OC(CSSc4ccccn4)C(O)C(O)C3O)C(O)C2O)c(=O)[nH]1.[Na+].[Na+]. The third-order valence-corrected chi connectivity index (χ3v) is 11.4. The zero-order chi connectivity index (χ0) is 33.4. The molecule has 0 aromatic carbocycles. The molecule has 27 heteroatoms. The number of hydrogen-bond acceptors (Lipinski definition) is 21. The quantitative estimate of drug-likeness (QED) is 0.0510. The van der Waals surface area contributed by atoms with Crippen LogP contribution in [0.2, 0.25) is 0 Å². The van der Waals surface area contributed by atoms with Crippen LogP contribution in [0.4, 0.5) is 5.95 Å². The molecule has 0 bridgehead atoms. The fourth-order valence-electron chi connectivity index (χ4n) is 4.38. The zero-order valence-electron chi connectivity index (χ0n) is 24.9. The van der Waals surface area contributed by atoms with E-state index in [4.69, 9.17) is 15.2 Å². The van der Waals surface area contributed by atoms with Crippen molar-refractivity contribution in [2.45, 2.75) is 60.3 Å². The molecule has 5 rings (SSSR count). The number of nitrogen functional groups attached to an aromatic ring is 1. The molecule has 3 aromatic heterocycles. The van der Waals surface area contributed by atoms with Gasteiger partial charge < -0.3 is 55.1 Å². The number of nitrogens with two attached hydrogens (primary N) is 1. The number of H-pyrrole nitrogens is 1. The number of imidazole rings is 1. The molecule has 11 unspecified atom stereocenters. The second-order valence-electron chi connectivity index (χ2n) is 9.75. The summed E-state index contributed by atoms with van der Waals surface area (Å²) in [6.45, 7) is -1.07. The topological polar surface area (TPSA) is 330 Å². The smallest absolute Gasteiger partial charge is 0.756 e. The van der Waals surface area contributed by atoms with Gasteiger partial charge in [-0.25, -0.2) is 14.3 Å². The second-order valence-corrected chi connectivity index (χ2v) is 15.0. The van der Waals surface area contributed by atoms with E-state index in [9.17, 15) is 49.2 Å². The van der Waals surface area contributed by atoms with Crippen molar-refractivity contribution < 1.29 is 126 Å². The van der Waals surface area contributed by atoms with Crippen LogP contribution in [-0.2, 0) is 32.0 Å². The van der Waals surface area contributed by atoms with Crippen LogP contribution < -0.4 is 80.2 Å². The number of phosphoric ester groups is 2. The van der Waals surface area contributed by atoms with Gasteiger partial charge in [-0.2, -0.15) is 4.98 Å². The number of aliphatic hydroxyl groups is 5. The van der Waals surface area contributed by atoms with Gasteiger partial charge in [0.1, 0.15) is 41.6 Å². The first-order valence-electron chi connectivity index (χ1n) is 13.0. The molecule has 2 fully saturated rings. The van der Waals surface area contributed by atoms with Crippen molar-refractivity contribution >= 4 is 54.3 Å². The number of rotatable bonds is 12. The molecule has 11 atom stereocenters. The van der Waals surface area contributed by atoms with E-state index < -0.39 is 83.1 Å². The minimum absolute atomic E-state index is 0. The van der Waals surface area contributed by atoms with Crippen LogP contribution in [0.3, 0.4) is 0 Å². The maximum atomic E-state index is 12.5. The molecular formula is C21H26N6Na2O15P2S2. The van der Waals surface area contributed by atoms with E-state index in [0.29, 0.717) is 5.03 Å². The predicted octanol–water partition coefficient (Wildman–Crippen LogP) is -9.04. The van der Waals surface area contributed by atoms with E-state index in [0.717, 1.165) is 21.7 Å². The van der Waals surface area contributed by atoms with Gasteiger partial charge >= 0.3 is 59.1 Å². The average molecular weight is 775 g/mol. The Hall–Kier alpha value is -0.0200. The summed E-state index contributed by atoms with van der Waals surface area (Å²) in [4.78, 5) is 50.9. The molecule has 0 saturated carbocycles. The number of pyridine rings is 1.